The molecule has 4 bridgehead atoms. The molecule has 6 rings (SSSR count). The van der Waals surface area contributed by atoms with Gasteiger partial charge in [0.2, 0.25) is 5.91 Å². The van der Waals surface area contributed by atoms with Crippen LogP contribution in [-0.2, 0) is 10.2 Å². The summed E-state index contributed by atoms with van der Waals surface area (Å²) in [5, 5.41) is 6.58. The predicted molar refractivity (Wildman–Crippen MR) is 116 cm³/mol. The molecular formula is C24H26N2OS. The molecule has 0 saturated heterocycles. The smallest absolute Gasteiger partial charge is 0.232 e. The van der Waals surface area contributed by atoms with E-state index in [0.29, 0.717) is 16.9 Å². The summed E-state index contributed by atoms with van der Waals surface area (Å²) in [5.74, 6) is 1.43. The normalized spacial score (nSPS) is 32.7. The lowest BCUT2D eigenvalue weighted by molar-refractivity contribution is -0.147. The van der Waals surface area contributed by atoms with Crippen molar-refractivity contribution in [3.8, 4) is 0 Å². The van der Waals surface area contributed by atoms with Gasteiger partial charge in [-0.25, -0.2) is 0 Å². The van der Waals surface area contributed by atoms with Crippen molar-refractivity contribution >= 4 is 28.9 Å². The number of hydrogen-bond donors (Lipinski definition) is 2. The molecule has 0 radical (unpaired) electrons. The molecular weight excluding hydrogens is 364 g/mol. The van der Waals surface area contributed by atoms with Crippen molar-refractivity contribution in [2.75, 3.05) is 5.32 Å². The summed E-state index contributed by atoms with van der Waals surface area (Å²) in [6, 6.07) is 20.7. The fraction of sp³-hybridized carbons (Fsp3) is 0.417. The Bertz CT molecular complexity index is 881. The third-order valence-electron chi connectivity index (χ3n) is 7.19. The zero-order chi connectivity index (χ0) is 19.2. The summed E-state index contributed by atoms with van der Waals surface area (Å²) in [4.78, 5) is 13.4. The highest BCUT2D eigenvalue weighted by Gasteiger charge is 2.60. The van der Waals surface area contributed by atoms with E-state index >= 15 is 0 Å². The number of para-hydroxylation sites is 1. The topological polar surface area (TPSA) is 41.1 Å². The van der Waals surface area contributed by atoms with Crippen molar-refractivity contribution in [2.24, 2.45) is 17.3 Å². The van der Waals surface area contributed by atoms with Gasteiger partial charge in [0.05, 0.1) is 5.41 Å². The standard InChI is InChI=1S/C24H26N2OS/c27-21(26-22(28)25-20-9-5-2-6-10-20)24-14-17-11-18(15-24)13-23(12-17,16-24)19-7-3-1-4-8-19/h1-10,17-18H,11-16H2,(H2,25,26,27,28)/t17-,18-,23?,24?/m0/s1. The Labute approximate surface area is 171 Å². The summed E-state index contributed by atoms with van der Waals surface area (Å²) < 4.78 is 0. The second-order valence-corrected chi connectivity index (χ2v) is 9.57. The van der Waals surface area contributed by atoms with Gasteiger partial charge in [0.15, 0.2) is 5.11 Å². The molecule has 4 aliphatic carbocycles. The van der Waals surface area contributed by atoms with Crippen LogP contribution in [0.3, 0.4) is 0 Å². The summed E-state index contributed by atoms with van der Waals surface area (Å²) in [6.07, 6.45) is 6.73. The first-order valence-corrected chi connectivity index (χ1v) is 10.7. The molecule has 144 valence electrons. The molecule has 2 atom stereocenters. The van der Waals surface area contributed by atoms with Gasteiger partial charge < -0.3 is 10.6 Å². The molecule has 2 N–H and O–H groups in total. The van der Waals surface area contributed by atoms with Gasteiger partial charge in [-0.2, -0.15) is 0 Å². The van der Waals surface area contributed by atoms with Crippen LogP contribution in [-0.4, -0.2) is 11.0 Å². The summed E-state index contributed by atoms with van der Waals surface area (Å²) in [5.41, 5.74) is 2.21. The van der Waals surface area contributed by atoms with Crippen LogP contribution in [0.25, 0.3) is 0 Å². The molecule has 2 aromatic carbocycles. The molecule has 2 aromatic rings. The average Bonchev–Trinajstić information content (AvgIpc) is 2.68. The van der Waals surface area contributed by atoms with Crippen molar-refractivity contribution in [3.05, 3.63) is 66.2 Å². The highest BCUT2D eigenvalue weighted by molar-refractivity contribution is 7.80. The van der Waals surface area contributed by atoms with Gasteiger partial charge in [0.25, 0.3) is 0 Å². The first-order valence-electron chi connectivity index (χ1n) is 10.3. The van der Waals surface area contributed by atoms with E-state index in [-0.39, 0.29) is 16.7 Å². The molecule has 3 nitrogen and oxygen atoms in total. The molecule has 0 spiro atoms. The van der Waals surface area contributed by atoms with Gasteiger partial charge in [-0.15, -0.1) is 0 Å². The van der Waals surface area contributed by atoms with Crippen molar-refractivity contribution in [1.82, 2.24) is 5.32 Å². The van der Waals surface area contributed by atoms with E-state index in [1.165, 1.54) is 24.8 Å². The van der Waals surface area contributed by atoms with Crippen molar-refractivity contribution < 1.29 is 4.79 Å². The molecule has 28 heavy (non-hydrogen) atoms. The van der Waals surface area contributed by atoms with Crippen LogP contribution in [0.5, 0.6) is 0 Å². The van der Waals surface area contributed by atoms with Gasteiger partial charge >= 0.3 is 0 Å². The zero-order valence-corrected chi connectivity index (χ0v) is 16.8. The fourth-order valence-electron chi connectivity index (χ4n) is 6.58. The van der Waals surface area contributed by atoms with Crippen molar-refractivity contribution in [2.45, 2.75) is 43.9 Å². The van der Waals surface area contributed by atoms with Crippen LogP contribution in [0, 0.1) is 17.3 Å². The molecule has 0 aliphatic heterocycles. The summed E-state index contributed by atoms with van der Waals surface area (Å²) in [7, 11) is 0. The third kappa shape index (κ3) is 3.04. The molecule has 4 saturated carbocycles. The van der Waals surface area contributed by atoms with Crippen LogP contribution in [0.1, 0.15) is 44.1 Å². The summed E-state index contributed by atoms with van der Waals surface area (Å²) in [6.45, 7) is 0. The number of rotatable bonds is 3. The van der Waals surface area contributed by atoms with Crippen LogP contribution < -0.4 is 10.6 Å². The van der Waals surface area contributed by atoms with Gasteiger partial charge in [-0.1, -0.05) is 48.5 Å². The minimum atomic E-state index is -0.275. The van der Waals surface area contributed by atoms with E-state index in [4.69, 9.17) is 12.2 Å². The minimum Gasteiger partial charge on any atom is -0.332 e. The number of nitrogens with one attached hydrogen (secondary N) is 2. The lowest BCUT2D eigenvalue weighted by atomic mass is 9.42. The first kappa shape index (κ1) is 17.9. The van der Waals surface area contributed by atoms with Crippen LogP contribution in [0.4, 0.5) is 5.69 Å². The van der Waals surface area contributed by atoms with Crippen LogP contribution in [0.15, 0.2) is 60.7 Å². The number of carbonyl (C=O) groups excluding carboxylic acids is 1. The Hall–Kier alpha value is -2.20. The minimum absolute atomic E-state index is 0.121. The predicted octanol–water partition coefficient (Wildman–Crippen LogP) is 5.04. The SMILES string of the molecule is O=C(NC(=S)Nc1ccccc1)C12C[C@H]3C[C@H](C1)CC(c1ccccc1)(C3)C2. The highest BCUT2D eigenvalue weighted by atomic mass is 32.1. The quantitative estimate of drug-likeness (QED) is 0.722. The van der Waals surface area contributed by atoms with Crippen molar-refractivity contribution in [3.63, 3.8) is 0 Å². The van der Waals surface area contributed by atoms with Crippen LogP contribution in [0.2, 0.25) is 0 Å². The maximum absolute atomic E-state index is 13.4. The molecule has 4 heteroatoms. The third-order valence-corrected chi connectivity index (χ3v) is 7.39. The maximum Gasteiger partial charge on any atom is 0.232 e. The Balaban J connectivity index is 1.37. The van der Waals surface area contributed by atoms with Gasteiger partial charge in [-0.05, 0) is 85.7 Å². The number of carbonyl (C=O) groups is 1. The van der Waals surface area contributed by atoms with Crippen LogP contribution >= 0.6 is 12.2 Å². The Kier molecular flexibility index (Phi) is 4.27. The number of hydrogen-bond acceptors (Lipinski definition) is 2. The number of thiocarbonyl (C=S) groups is 1. The van der Waals surface area contributed by atoms with E-state index in [2.05, 4.69) is 41.0 Å². The lowest BCUT2D eigenvalue weighted by Crippen LogP contribution is -2.59. The molecule has 4 fully saturated rings. The highest BCUT2D eigenvalue weighted by Crippen LogP contribution is 2.65. The number of benzene rings is 2. The number of anilines is 1. The average molecular weight is 391 g/mol. The van der Waals surface area contributed by atoms with Crippen molar-refractivity contribution in [1.29, 1.82) is 0 Å². The maximum atomic E-state index is 13.4. The molecule has 0 heterocycles. The van der Waals surface area contributed by atoms with E-state index < -0.39 is 0 Å². The van der Waals surface area contributed by atoms with Gasteiger partial charge in [-0.3, -0.25) is 4.79 Å². The largest absolute Gasteiger partial charge is 0.332 e. The summed E-state index contributed by atoms with van der Waals surface area (Å²) >= 11 is 5.45. The second kappa shape index (κ2) is 6.70. The Morgan fingerprint density at radius 2 is 1.50 bits per heavy atom. The van der Waals surface area contributed by atoms with E-state index in [1.807, 2.05) is 30.3 Å². The van der Waals surface area contributed by atoms with E-state index in [0.717, 1.165) is 24.9 Å². The first-order chi connectivity index (χ1) is 13.6. The Morgan fingerprint density at radius 1 is 0.893 bits per heavy atom. The second-order valence-electron chi connectivity index (χ2n) is 9.16. The van der Waals surface area contributed by atoms with Gasteiger partial charge in [0, 0.05) is 5.69 Å². The zero-order valence-electron chi connectivity index (χ0n) is 16.0. The lowest BCUT2D eigenvalue weighted by Gasteiger charge is -2.61. The molecule has 1 amide bonds. The van der Waals surface area contributed by atoms with Gasteiger partial charge in [0.1, 0.15) is 0 Å². The molecule has 4 aliphatic rings. The number of amides is 1. The molecule has 0 aromatic heterocycles. The van der Waals surface area contributed by atoms with E-state index in [9.17, 15) is 4.79 Å². The Morgan fingerprint density at radius 3 is 2.14 bits per heavy atom. The monoisotopic (exact) mass is 390 g/mol. The van der Waals surface area contributed by atoms with E-state index in [1.54, 1.807) is 0 Å². The fourth-order valence-corrected chi connectivity index (χ4v) is 6.79. The molecule has 0 unspecified atom stereocenters.